The smallest absolute Gasteiger partial charge is 0.280 e. The van der Waals surface area contributed by atoms with E-state index in [1.807, 2.05) is 22.6 Å². The number of fused-ring (bicyclic) bond motifs is 1. The van der Waals surface area contributed by atoms with Gasteiger partial charge in [0.2, 0.25) is 0 Å². The van der Waals surface area contributed by atoms with Crippen molar-refractivity contribution in [3.8, 4) is 0 Å². The number of aryl methyl sites for hydroxylation is 2. The van der Waals surface area contributed by atoms with Gasteiger partial charge in [0.15, 0.2) is 10.8 Å². The first kappa shape index (κ1) is 21.9. The zero-order valence-corrected chi connectivity index (χ0v) is 19.6. The van der Waals surface area contributed by atoms with Crippen LogP contribution in [0.5, 0.6) is 0 Å². The average molecular weight is 442 g/mol. The molecule has 4 rings (SSSR count). The lowest BCUT2D eigenvalue weighted by Crippen LogP contribution is -2.43. The van der Waals surface area contributed by atoms with Gasteiger partial charge in [0.1, 0.15) is 0 Å². The highest BCUT2D eigenvalue weighted by atomic mass is 32.1. The molecule has 0 atom stereocenters. The topological polar surface area (TPSA) is 63.5 Å². The number of nitrogens with zero attached hydrogens (tertiary/aromatic N) is 5. The second kappa shape index (κ2) is 9.46. The molecule has 0 aliphatic carbocycles. The molecule has 0 bridgehead atoms. The fourth-order valence-electron chi connectivity index (χ4n) is 4.00. The van der Waals surface area contributed by atoms with Crippen molar-refractivity contribution >= 4 is 32.6 Å². The number of hydrogen-bond donors (Lipinski definition) is 0. The number of amides is 1. The molecular formula is C23H31N5O2S. The minimum atomic E-state index is -0.0899. The van der Waals surface area contributed by atoms with E-state index in [2.05, 4.69) is 49.0 Å². The van der Waals surface area contributed by atoms with Crippen molar-refractivity contribution in [2.75, 3.05) is 44.3 Å². The number of ether oxygens (including phenoxy) is 1. The van der Waals surface area contributed by atoms with Gasteiger partial charge in [-0.3, -0.25) is 19.3 Å². The minimum Gasteiger partial charge on any atom is -0.379 e. The van der Waals surface area contributed by atoms with Crippen LogP contribution in [0.15, 0.2) is 24.3 Å². The molecule has 166 valence electrons. The number of carbonyl (C=O) groups excluding carboxylic acids is 1. The Morgan fingerprint density at radius 3 is 2.74 bits per heavy atom. The minimum absolute atomic E-state index is 0.0899. The van der Waals surface area contributed by atoms with E-state index in [0.29, 0.717) is 12.2 Å². The maximum Gasteiger partial charge on any atom is 0.280 e. The van der Waals surface area contributed by atoms with Crippen LogP contribution in [-0.4, -0.2) is 65.0 Å². The van der Waals surface area contributed by atoms with Gasteiger partial charge in [-0.1, -0.05) is 30.4 Å². The predicted molar refractivity (Wildman–Crippen MR) is 125 cm³/mol. The largest absolute Gasteiger partial charge is 0.379 e. The van der Waals surface area contributed by atoms with Crippen molar-refractivity contribution in [3.05, 3.63) is 41.2 Å². The second-order valence-corrected chi connectivity index (χ2v) is 9.24. The summed E-state index contributed by atoms with van der Waals surface area (Å²) in [5.74, 6) is -0.0899. The summed E-state index contributed by atoms with van der Waals surface area (Å²) in [6, 6.07) is 8.35. The molecule has 1 saturated heterocycles. The van der Waals surface area contributed by atoms with Crippen LogP contribution in [0.3, 0.4) is 0 Å². The first-order valence-corrected chi connectivity index (χ1v) is 11.9. The van der Waals surface area contributed by atoms with E-state index in [0.717, 1.165) is 60.3 Å². The monoisotopic (exact) mass is 441 g/mol. The summed E-state index contributed by atoms with van der Waals surface area (Å²) in [7, 11) is 0. The number of hydrogen-bond acceptors (Lipinski definition) is 6. The molecule has 3 heterocycles. The molecule has 31 heavy (non-hydrogen) atoms. The molecule has 1 aliphatic heterocycles. The van der Waals surface area contributed by atoms with Gasteiger partial charge in [-0.2, -0.15) is 5.10 Å². The van der Waals surface area contributed by atoms with Crippen molar-refractivity contribution in [1.82, 2.24) is 19.7 Å². The molecule has 1 amide bonds. The molecule has 3 aromatic rings. The van der Waals surface area contributed by atoms with Gasteiger partial charge >= 0.3 is 0 Å². The molecule has 0 radical (unpaired) electrons. The van der Waals surface area contributed by atoms with Crippen LogP contribution in [0.2, 0.25) is 0 Å². The second-order valence-electron chi connectivity index (χ2n) is 8.23. The van der Waals surface area contributed by atoms with Gasteiger partial charge < -0.3 is 4.74 Å². The number of thiazole rings is 1. The number of rotatable bonds is 7. The Kier molecular flexibility index (Phi) is 6.69. The van der Waals surface area contributed by atoms with Gasteiger partial charge in [0.05, 0.1) is 23.4 Å². The fraction of sp³-hybridized carbons (Fsp3) is 0.522. The van der Waals surface area contributed by atoms with E-state index in [9.17, 15) is 4.79 Å². The van der Waals surface area contributed by atoms with E-state index in [1.165, 1.54) is 5.56 Å². The van der Waals surface area contributed by atoms with Crippen LogP contribution in [0, 0.1) is 6.92 Å². The quantitative estimate of drug-likeness (QED) is 0.556. The van der Waals surface area contributed by atoms with Crippen LogP contribution in [0.4, 0.5) is 5.13 Å². The Morgan fingerprint density at radius 1 is 1.29 bits per heavy atom. The lowest BCUT2D eigenvalue weighted by Gasteiger charge is -2.29. The van der Waals surface area contributed by atoms with Crippen LogP contribution >= 0.6 is 11.3 Å². The molecule has 0 N–H and O–H groups in total. The third-order valence-electron chi connectivity index (χ3n) is 5.72. The van der Waals surface area contributed by atoms with Gasteiger partial charge in [0.25, 0.3) is 5.91 Å². The Labute approximate surface area is 187 Å². The molecule has 8 heteroatoms. The molecule has 1 aliphatic rings. The van der Waals surface area contributed by atoms with Gasteiger partial charge in [-0.05, 0) is 44.9 Å². The number of anilines is 1. The van der Waals surface area contributed by atoms with E-state index in [1.54, 1.807) is 11.3 Å². The first-order chi connectivity index (χ1) is 15.0. The van der Waals surface area contributed by atoms with Crippen molar-refractivity contribution < 1.29 is 9.53 Å². The number of morpholine rings is 1. The Bertz CT molecular complexity index is 1050. The van der Waals surface area contributed by atoms with E-state index < -0.39 is 0 Å². The Balaban J connectivity index is 1.67. The molecule has 1 aromatic carbocycles. The van der Waals surface area contributed by atoms with E-state index >= 15 is 0 Å². The molecule has 7 nitrogen and oxygen atoms in total. The summed E-state index contributed by atoms with van der Waals surface area (Å²) in [6.45, 7) is 12.9. The number of benzene rings is 1. The van der Waals surface area contributed by atoms with Crippen LogP contribution in [0.25, 0.3) is 10.2 Å². The number of carbonyl (C=O) groups is 1. The van der Waals surface area contributed by atoms with Crippen molar-refractivity contribution in [3.63, 3.8) is 0 Å². The standard InChI is InChI=1S/C23H31N5O2S/c1-5-18-7-6-8-20-21(18)24-23(31-20)27(10-9-26-11-13-30-14-12-26)22(29)19-15-17(4)28(25-19)16(2)3/h6-8,15-16H,5,9-14H2,1-4H3. The van der Waals surface area contributed by atoms with Crippen molar-refractivity contribution in [1.29, 1.82) is 0 Å². The molecule has 0 saturated carbocycles. The van der Waals surface area contributed by atoms with Gasteiger partial charge in [-0.25, -0.2) is 4.98 Å². The van der Waals surface area contributed by atoms with Gasteiger partial charge in [0, 0.05) is 37.9 Å². The highest BCUT2D eigenvalue weighted by Gasteiger charge is 2.26. The maximum atomic E-state index is 13.6. The van der Waals surface area contributed by atoms with Crippen LogP contribution < -0.4 is 4.90 Å². The molecule has 0 unspecified atom stereocenters. The van der Waals surface area contributed by atoms with Crippen molar-refractivity contribution in [2.24, 2.45) is 0 Å². The average Bonchev–Trinajstić information content (AvgIpc) is 3.38. The Hall–Kier alpha value is -2.29. The number of aromatic nitrogens is 3. The van der Waals surface area contributed by atoms with E-state index in [4.69, 9.17) is 9.72 Å². The predicted octanol–water partition coefficient (Wildman–Crippen LogP) is 3.92. The fourth-order valence-corrected chi connectivity index (χ4v) is 5.04. The lowest BCUT2D eigenvalue weighted by molar-refractivity contribution is 0.0391. The summed E-state index contributed by atoms with van der Waals surface area (Å²) in [5.41, 5.74) is 3.67. The third-order valence-corrected chi connectivity index (χ3v) is 6.77. The lowest BCUT2D eigenvalue weighted by atomic mass is 10.1. The van der Waals surface area contributed by atoms with Crippen molar-refractivity contribution in [2.45, 2.75) is 40.2 Å². The maximum absolute atomic E-state index is 13.6. The SMILES string of the molecule is CCc1cccc2sc(N(CCN3CCOCC3)C(=O)c3cc(C)n(C(C)C)n3)nc12. The third kappa shape index (κ3) is 4.66. The molecule has 1 fully saturated rings. The molecule has 2 aromatic heterocycles. The van der Waals surface area contributed by atoms with E-state index in [-0.39, 0.29) is 11.9 Å². The molecule has 0 spiro atoms. The first-order valence-electron chi connectivity index (χ1n) is 11.0. The highest BCUT2D eigenvalue weighted by molar-refractivity contribution is 7.22. The van der Waals surface area contributed by atoms with Gasteiger partial charge in [-0.15, -0.1) is 0 Å². The molecular weight excluding hydrogens is 410 g/mol. The summed E-state index contributed by atoms with van der Waals surface area (Å²) < 4.78 is 8.48. The highest BCUT2D eigenvalue weighted by Crippen LogP contribution is 2.32. The normalized spacial score (nSPS) is 15.1. The zero-order valence-electron chi connectivity index (χ0n) is 18.8. The van der Waals surface area contributed by atoms with Crippen LogP contribution in [-0.2, 0) is 11.2 Å². The summed E-state index contributed by atoms with van der Waals surface area (Å²) in [4.78, 5) is 22.7. The summed E-state index contributed by atoms with van der Waals surface area (Å²) in [5, 5.41) is 5.35. The zero-order chi connectivity index (χ0) is 22.0. The Morgan fingerprint density at radius 2 is 2.06 bits per heavy atom. The van der Waals surface area contributed by atoms with Crippen LogP contribution in [0.1, 0.15) is 48.6 Å². The summed E-state index contributed by atoms with van der Waals surface area (Å²) in [6.07, 6.45) is 0.917. The summed E-state index contributed by atoms with van der Waals surface area (Å²) >= 11 is 1.58. The number of para-hydroxylation sites is 1.